The number of alkyl halides is 1. The summed E-state index contributed by atoms with van der Waals surface area (Å²) >= 11 is 11.5. The van der Waals surface area contributed by atoms with E-state index in [0.717, 1.165) is 9.98 Å². The summed E-state index contributed by atoms with van der Waals surface area (Å²) in [5.41, 5.74) is 1.46. The van der Waals surface area contributed by atoms with Crippen molar-refractivity contribution in [3.8, 4) is 0 Å². The minimum Gasteiger partial charge on any atom is -0.271 e. The van der Waals surface area contributed by atoms with Gasteiger partial charge in [-0.2, -0.15) is 0 Å². The molecule has 12 heavy (non-hydrogen) atoms. The predicted octanol–water partition coefficient (Wildman–Crippen LogP) is 2.47. The first kappa shape index (κ1) is 7.90. The standard InChI is InChI=1S/C8H5Cl2NO/c9-7-5-3-1-2-4-6(5)11(10)8(7)12/h1-4,7H. The number of amides is 1. The van der Waals surface area contributed by atoms with Crippen LogP contribution in [0.1, 0.15) is 10.9 Å². The third kappa shape index (κ3) is 0.919. The second-order valence-corrected chi connectivity index (χ2v) is 3.31. The molecule has 0 aromatic heterocycles. The van der Waals surface area contributed by atoms with Gasteiger partial charge in [0, 0.05) is 17.3 Å². The van der Waals surface area contributed by atoms with Crippen LogP contribution < -0.4 is 4.42 Å². The van der Waals surface area contributed by atoms with Crippen LogP contribution in [0.15, 0.2) is 24.3 Å². The van der Waals surface area contributed by atoms with Gasteiger partial charge in [0.15, 0.2) is 0 Å². The van der Waals surface area contributed by atoms with Gasteiger partial charge < -0.3 is 0 Å². The van der Waals surface area contributed by atoms with E-state index >= 15 is 0 Å². The molecular weight excluding hydrogens is 197 g/mol. The lowest BCUT2D eigenvalue weighted by Gasteiger charge is -2.03. The van der Waals surface area contributed by atoms with E-state index in [-0.39, 0.29) is 5.91 Å². The second-order valence-electron chi connectivity index (χ2n) is 2.54. The highest BCUT2D eigenvalue weighted by atomic mass is 35.5. The maximum Gasteiger partial charge on any atom is 0.264 e. The maximum atomic E-state index is 11.2. The lowest BCUT2D eigenvalue weighted by molar-refractivity contribution is -0.116. The lowest BCUT2D eigenvalue weighted by atomic mass is 10.2. The molecule has 4 heteroatoms. The normalized spacial score (nSPS) is 21.3. The van der Waals surface area contributed by atoms with Crippen molar-refractivity contribution in [3.63, 3.8) is 0 Å². The number of hydrogen-bond acceptors (Lipinski definition) is 1. The quantitative estimate of drug-likeness (QED) is 0.467. The van der Waals surface area contributed by atoms with E-state index in [0.29, 0.717) is 5.69 Å². The molecule has 1 unspecified atom stereocenters. The first-order valence-corrected chi connectivity index (χ1v) is 4.22. The van der Waals surface area contributed by atoms with Crippen LogP contribution in [0, 0.1) is 0 Å². The molecule has 1 amide bonds. The molecule has 2 rings (SSSR count). The minimum atomic E-state index is -0.626. The molecule has 1 aliphatic rings. The summed E-state index contributed by atoms with van der Waals surface area (Å²) in [6.45, 7) is 0. The molecule has 1 aliphatic heterocycles. The first-order chi connectivity index (χ1) is 5.72. The Balaban J connectivity index is 2.59. The zero-order valence-corrected chi connectivity index (χ0v) is 7.51. The van der Waals surface area contributed by atoms with Gasteiger partial charge in [0.2, 0.25) is 0 Å². The number of hydrogen-bond donors (Lipinski definition) is 0. The van der Waals surface area contributed by atoms with Crippen LogP contribution >= 0.6 is 23.4 Å². The molecule has 0 radical (unpaired) electrons. The molecule has 1 heterocycles. The van der Waals surface area contributed by atoms with Crippen molar-refractivity contribution in [1.82, 2.24) is 0 Å². The maximum absolute atomic E-state index is 11.2. The number of carbonyl (C=O) groups excluding carboxylic acids is 1. The average Bonchev–Trinajstić information content (AvgIpc) is 2.33. The highest BCUT2D eigenvalue weighted by molar-refractivity contribution is 6.46. The number of rotatable bonds is 0. The van der Waals surface area contributed by atoms with Gasteiger partial charge in [-0.25, -0.2) is 4.42 Å². The molecule has 0 bridgehead atoms. The summed E-state index contributed by atoms with van der Waals surface area (Å²) in [5, 5.41) is -0.626. The van der Waals surface area contributed by atoms with Gasteiger partial charge in [-0.15, -0.1) is 11.6 Å². The fourth-order valence-electron chi connectivity index (χ4n) is 1.23. The van der Waals surface area contributed by atoms with Crippen molar-refractivity contribution in [2.75, 3.05) is 4.42 Å². The Bertz CT molecular complexity index is 309. The SMILES string of the molecule is O=C1C(Cl)c2ccccc2N1Cl. The molecule has 1 aromatic carbocycles. The molecule has 0 fully saturated rings. The zero-order valence-electron chi connectivity index (χ0n) is 6.00. The highest BCUT2D eigenvalue weighted by Crippen LogP contribution is 2.40. The van der Waals surface area contributed by atoms with E-state index in [1.165, 1.54) is 0 Å². The number of para-hydroxylation sites is 1. The van der Waals surface area contributed by atoms with Gasteiger partial charge in [-0.3, -0.25) is 4.79 Å². The van der Waals surface area contributed by atoms with Crippen LogP contribution in [0.4, 0.5) is 5.69 Å². The molecule has 0 saturated carbocycles. The summed E-state index contributed by atoms with van der Waals surface area (Å²) in [7, 11) is 0. The predicted molar refractivity (Wildman–Crippen MR) is 48.4 cm³/mol. The minimum absolute atomic E-state index is 0.278. The molecule has 1 aromatic rings. The van der Waals surface area contributed by atoms with Crippen molar-refractivity contribution in [1.29, 1.82) is 0 Å². The number of benzene rings is 1. The summed E-state index contributed by atoms with van der Waals surface area (Å²) in [5.74, 6) is -0.278. The summed E-state index contributed by atoms with van der Waals surface area (Å²) < 4.78 is 1.06. The van der Waals surface area contributed by atoms with Gasteiger partial charge in [0.1, 0.15) is 5.38 Å². The Labute approximate surface area is 79.8 Å². The van der Waals surface area contributed by atoms with E-state index in [1.54, 1.807) is 12.1 Å². The number of nitrogens with zero attached hydrogens (tertiary/aromatic N) is 1. The zero-order chi connectivity index (χ0) is 8.72. The second kappa shape index (κ2) is 2.64. The van der Waals surface area contributed by atoms with E-state index in [1.807, 2.05) is 12.1 Å². The Morgan fingerprint density at radius 3 is 2.67 bits per heavy atom. The fourth-order valence-corrected chi connectivity index (χ4v) is 1.82. The van der Waals surface area contributed by atoms with Crippen LogP contribution in [0.2, 0.25) is 0 Å². The van der Waals surface area contributed by atoms with Crippen LogP contribution in [0.3, 0.4) is 0 Å². The third-order valence-corrected chi connectivity index (χ3v) is 2.60. The van der Waals surface area contributed by atoms with Crippen molar-refractivity contribution >= 4 is 35.0 Å². The molecule has 2 nitrogen and oxygen atoms in total. The third-order valence-electron chi connectivity index (χ3n) is 1.83. The van der Waals surface area contributed by atoms with Crippen LogP contribution in [0.25, 0.3) is 0 Å². The average molecular weight is 202 g/mol. The smallest absolute Gasteiger partial charge is 0.264 e. The van der Waals surface area contributed by atoms with Crippen molar-refractivity contribution < 1.29 is 4.79 Å². The first-order valence-electron chi connectivity index (χ1n) is 3.44. The molecule has 0 aliphatic carbocycles. The topological polar surface area (TPSA) is 20.3 Å². The van der Waals surface area contributed by atoms with Crippen LogP contribution in [-0.4, -0.2) is 5.91 Å². The largest absolute Gasteiger partial charge is 0.271 e. The number of carbonyl (C=O) groups is 1. The Morgan fingerprint density at radius 1 is 1.33 bits per heavy atom. The van der Waals surface area contributed by atoms with Gasteiger partial charge >= 0.3 is 0 Å². The highest BCUT2D eigenvalue weighted by Gasteiger charge is 2.34. The van der Waals surface area contributed by atoms with E-state index < -0.39 is 5.38 Å². The summed E-state index contributed by atoms with van der Waals surface area (Å²) in [6.07, 6.45) is 0. The molecule has 1 atom stereocenters. The number of halogens is 2. The van der Waals surface area contributed by atoms with Crippen molar-refractivity contribution in [2.24, 2.45) is 0 Å². The van der Waals surface area contributed by atoms with Gasteiger partial charge in [0.25, 0.3) is 5.91 Å². The van der Waals surface area contributed by atoms with E-state index in [9.17, 15) is 4.79 Å². The summed E-state index contributed by atoms with van der Waals surface area (Å²) in [6, 6.07) is 7.21. The molecule has 62 valence electrons. The summed E-state index contributed by atoms with van der Waals surface area (Å²) in [4.78, 5) is 11.2. The monoisotopic (exact) mass is 201 g/mol. The molecule has 0 N–H and O–H groups in total. The van der Waals surface area contributed by atoms with Gasteiger partial charge in [-0.1, -0.05) is 18.2 Å². The molecular formula is C8H5Cl2NO. The van der Waals surface area contributed by atoms with Crippen LogP contribution in [-0.2, 0) is 4.79 Å². The van der Waals surface area contributed by atoms with Gasteiger partial charge in [-0.05, 0) is 6.07 Å². The Hall–Kier alpha value is -0.730. The van der Waals surface area contributed by atoms with E-state index in [2.05, 4.69) is 0 Å². The number of fused-ring (bicyclic) bond motifs is 1. The molecule has 0 spiro atoms. The van der Waals surface area contributed by atoms with Crippen LogP contribution in [0.5, 0.6) is 0 Å². The van der Waals surface area contributed by atoms with Gasteiger partial charge in [0.05, 0.1) is 5.69 Å². The number of anilines is 1. The Kier molecular flexibility index (Phi) is 1.74. The fraction of sp³-hybridized carbons (Fsp3) is 0.125. The van der Waals surface area contributed by atoms with E-state index in [4.69, 9.17) is 23.4 Å². The van der Waals surface area contributed by atoms with Crippen molar-refractivity contribution in [3.05, 3.63) is 29.8 Å². The van der Waals surface area contributed by atoms with Crippen molar-refractivity contribution in [2.45, 2.75) is 5.38 Å². The molecule has 0 saturated heterocycles. The Morgan fingerprint density at radius 2 is 2.00 bits per heavy atom. The lowest BCUT2D eigenvalue weighted by Crippen LogP contribution is -2.15.